The summed E-state index contributed by atoms with van der Waals surface area (Å²) in [6.07, 6.45) is 2.69. The van der Waals surface area contributed by atoms with Crippen molar-refractivity contribution in [3.8, 4) is 0 Å². The Balaban J connectivity index is 1.79. The lowest BCUT2D eigenvalue weighted by Crippen LogP contribution is -2.39. The summed E-state index contributed by atoms with van der Waals surface area (Å²) in [5, 5.41) is 17.1. The van der Waals surface area contributed by atoms with Gasteiger partial charge in [0.15, 0.2) is 5.96 Å². The highest BCUT2D eigenvalue weighted by Crippen LogP contribution is 2.05. The van der Waals surface area contributed by atoms with Gasteiger partial charge in [-0.25, -0.2) is 4.98 Å². The van der Waals surface area contributed by atoms with Crippen LogP contribution in [-0.4, -0.2) is 41.8 Å². The average Bonchev–Trinajstić information content (AvgIpc) is 2.62. The molecule has 0 aliphatic heterocycles. The number of aromatic nitrogens is 1. The van der Waals surface area contributed by atoms with E-state index in [4.69, 9.17) is 11.6 Å². The molecule has 134 valence electrons. The molecular weight excluding hydrogens is 336 g/mol. The number of pyridine rings is 1. The minimum atomic E-state index is -0.502. The zero-order valence-electron chi connectivity index (χ0n) is 14.5. The van der Waals surface area contributed by atoms with Gasteiger partial charge >= 0.3 is 0 Å². The average molecular weight is 361 g/mol. The molecule has 0 aliphatic carbocycles. The Hall–Kier alpha value is -2.11. The maximum Gasteiger partial charge on any atom is 0.191 e. The molecule has 1 unspecified atom stereocenters. The van der Waals surface area contributed by atoms with E-state index in [1.54, 1.807) is 12.3 Å². The summed E-state index contributed by atoms with van der Waals surface area (Å²) in [6, 6.07) is 13.7. The molecule has 2 rings (SSSR count). The molecule has 1 aromatic heterocycles. The van der Waals surface area contributed by atoms with E-state index in [0.717, 1.165) is 30.6 Å². The maximum absolute atomic E-state index is 10.2. The van der Waals surface area contributed by atoms with Crippen LogP contribution in [0.3, 0.4) is 0 Å². The number of guanidine groups is 1. The second kappa shape index (κ2) is 10.7. The Morgan fingerprint density at radius 3 is 2.64 bits per heavy atom. The molecule has 0 saturated heterocycles. The van der Waals surface area contributed by atoms with Crippen molar-refractivity contribution in [2.24, 2.45) is 4.99 Å². The quantitative estimate of drug-likeness (QED) is 0.384. The first kappa shape index (κ1) is 19.2. The number of halogens is 1. The van der Waals surface area contributed by atoms with Crippen LogP contribution in [0.1, 0.15) is 18.1 Å². The second-order valence-corrected chi connectivity index (χ2v) is 6.12. The minimum Gasteiger partial charge on any atom is -0.391 e. The van der Waals surface area contributed by atoms with Crippen LogP contribution in [0, 0.1) is 0 Å². The molecule has 0 spiro atoms. The number of hydrogen-bond acceptors (Lipinski definition) is 3. The van der Waals surface area contributed by atoms with Crippen LogP contribution in [0.5, 0.6) is 0 Å². The van der Waals surface area contributed by atoms with Gasteiger partial charge in [0.25, 0.3) is 0 Å². The third kappa shape index (κ3) is 7.54. The van der Waals surface area contributed by atoms with Crippen molar-refractivity contribution in [1.29, 1.82) is 0 Å². The Kier molecular flexibility index (Phi) is 8.22. The van der Waals surface area contributed by atoms with Gasteiger partial charge in [0, 0.05) is 25.7 Å². The number of rotatable bonds is 8. The van der Waals surface area contributed by atoms with Gasteiger partial charge in [0.1, 0.15) is 5.15 Å². The van der Waals surface area contributed by atoms with Gasteiger partial charge in [-0.3, -0.25) is 4.99 Å². The zero-order chi connectivity index (χ0) is 17.9. The van der Waals surface area contributed by atoms with Gasteiger partial charge in [0.05, 0.1) is 12.6 Å². The van der Waals surface area contributed by atoms with Crippen molar-refractivity contribution in [1.82, 2.24) is 15.6 Å². The summed E-state index contributed by atoms with van der Waals surface area (Å²) in [7, 11) is 0. The fourth-order valence-corrected chi connectivity index (χ4v) is 2.48. The Morgan fingerprint density at radius 1 is 1.16 bits per heavy atom. The first-order valence-electron chi connectivity index (χ1n) is 8.52. The molecule has 2 aromatic rings. The number of aliphatic imine (C=N–C) groups is 1. The number of hydrogen-bond donors (Lipinski definition) is 3. The van der Waals surface area contributed by atoms with Crippen molar-refractivity contribution in [3.63, 3.8) is 0 Å². The maximum atomic E-state index is 10.2. The third-order valence-corrected chi connectivity index (χ3v) is 3.84. The molecule has 3 N–H and O–H groups in total. The van der Waals surface area contributed by atoms with Crippen molar-refractivity contribution >= 4 is 17.6 Å². The molecule has 0 fully saturated rings. The van der Waals surface area contributed by atoms with E-state index >= 15 is 0 Å². The molecule has 1 atom stereocenters. The highest BCUT2D eigenvalue weighted by Gasteiger charge is 2.06. The molecule has 0 amide bonds. The fourth-order valence-electron chi connectivity index (χ4n) is 2.37. The Morgan fingerprint density at radius 2 is 1.96 bits per heavy atom. The number of nitrogens with one attached hydrogen (secondary N) is 2. The highest BCUT2D eigenvalue weighted by molar-refractivity contribution is 6.29. The first-order chi connectivity index (χ1) is 12.2. The van der Waals surface area contributed by atoms with E-state index in [2.05, 4.69) is 20.6 Å². The molecule has 0 radical (unpaired) electrons. The van der Waals surface area contributed by atoms with Gasteiger partial charge in [-0.15, -0.1) is 0 Å². The summed E-state index contributed by atoms with van der Waals surface area (Å²) in [5.74, 6) is 0.705. The van der Waals surface area contributed by atoms with Crippen LogP contribution in [0.4, 0.5) is 0 Å². The van der Waals surface area contributed by atoms with Crippen molar-refractivity contribution < 1.29 is 5.11 Å². The van der Waals surface area contributed by atoms with Crippen LogP contribution in [0.25, 0.3) is 0 Å². The molecule has 0 aliphatic rings. The fraction of sp³-hybridized carbons (Fsp3) is 0.368. The van der Waals surface area contributed by atoms with E-state index in [0.29, 0.717) is 24.1 Å². The van der Waals surface area contributed by atoms with E-state index in [1.165, 1.54) is 0 Å². The predicted octanol–water partition coefficient (Wildman–Crippen LogP) is 2.44. The predicted molar refractivity (Wildman–Crippen MR) is 103 cm³/mol. The first-order valence-corrected chi connectivity index (χ1v) is 8.89. The lowest BCUT2D eigenvalue weighted by atomic mass is 10.1. The summed E-state index contributed by atoms with van der Waals surface area (Å²) in [5.41, 5.74) is 2.22. The van der Waals surface area contributed by atoms with E-state index in [9.17, 15) is 5.11 Å². The third-order valence-electron chi connectivity index (χ3n) is 3.61. The van der Waals surface area contributed by atoms with Crippen molar-refractivity contribution in [2.75, 3.05) is 19.6 Å². The van der Waals surface area contributed by atoms with Crippen LogP contribution in [0.2, 0.25) is 5.15 Å². The molecule has 0 saturated carbocycles. The number of aliphatic hydroxyl groups is 1. The van der Waals surface area contributed by atoms with Crippen LogP contribution in [-0.2, 0) is 12.8 Å². The molecule has 5 nitrogen and oxygen atoms in total. The lowest BCUT2D eigenvalue weighted by Gasteiger charge is -2.13. The largest absolute Gasteiger partial charge is 0.391 e. The standard InChI is InChI=1S/C19H25ClN4O/c1-2-21-19(22-11-10-16-8-9-18(20)23-13-16)24-14-17(25)12-15-6-4-3-5-7-15/h3-9,13,17,25H,2,10-12,14H2,1H3,(H2,21,22,24). The lowest BCUT2D eigenvalue weighted by molar-refractivity contribution is 0.183. The van der Waals surface area contributed by atoms with Crippen molar-refractivity contribution in [2.45, 2.75) is 25.9 Å². The summed E-state index contributed by atoms with van der Waals surface area (Å²) >= 11 is 5.79. The second-order valence-electron chi connectivity index (χ2n) is 5.73. The molecular formula is C19H25ClN4O. The minimum absolute atomic E-state index is 0.354. The number of nitrogens with zero attached hydrogens (tertiary/aromatic N) is 2. The smallest absolute Gasteiger partial charge is 0.191 e. The molecule has 1 heterocycles. The normalized spacial score (nSPS) is 12.7. The zero-order valence-corrected chi connectivity index (χ0v) is 15.2. The highest BCUT2D eigenvalue weighted by atomic mass is 35.5. The Labute approximate surface area is 154 Å². The SMILES string of the molecule is CCNC(=NCC(O)Cc1ccccc1)NCCc1ccc(Cl)nc1. The summed E-state index contributed by atoms with van der Waals surface area (Å²) in [6.45, 7) is 3.86. The summed E-state index contributed by atoms with van der Waals surface area (Å²) < 4.78 is 0. The summed E-state index contributed by atoms with van der Waals surface area (Å²) in [4.78, 5) is 8.53. The topological polar surface area (TPSA) is 69.5 Å². The Bertz CT molecular complexity index is 646. The van der Waals surface area contributed by atoms with Gasteiger partial charge in [-0.05, 0) is 30.5 Å². The molecule has 0 bridgehead atoms. The molecule has 1 aromatic carbocycles. The van der Waals surface area contributed by atoms with Crippen LogP contribution in [0.15, 0.2) is 53.7 Å². The van der Waals surface area contributed by atoms with E-state index in [-0.39, 0.29) is 0 Å². The molecule has 25 heavy (non-hydrogen) atoms. The molecule has 6 heteroatoms. The number of benzene rings is 1. The van der Waals surface area contributed by atoms with Crippen molar-refractivity contribution in [3.05, 3.63) is 64.9 Å². The van der Waals surface area contributed by atoms with Crippen LogP contribution < -0.4 is 10.6 Å². The van der Waals surface area contributed by atoms with Gasteiger partial charge in [-0.1, -0.05) is 48.0 Å². The van der Waals surface area contributed by atoms with E-state index in [1.807, 2.05) is 43.3 Å². The van der Waals surface area contributed by atoms with Gasteiger partial charge in [0.2, 0.25) is 0 Å². The van der Waals surface area contributed by atoms with Gasteiger partial charge < -0.3 is 15.7 Å². The van der Waals surface area contributed by atoms with E-state index < -0.39 is 6.10 Å². The van der Waals surface area contributed by atoms with Crippen LogP contribution >= 0.6 is 11.6 Å². The number of aliphatic hydroxyl groups excluding tert-OH is 1. The monoisotopic (exact) mass is 360 g/mol. The van der Waals surface area contributed by atoms with Gasteiger partial charge in [-0.2, -0.15) is 0 Å².